The van der Waals surface area contributed by atoms with Gasteiger partial charge in [0.05, 0.1) is 26.9 Å². The molecule has 0 spiro atoms. The van der Waals surface area contributed by atoms with Crippen LogP contribution < -0.4 is 19.5 Å². The molecule has 28 heavy (non-hydrogen) atoms. The van der Waals surface area contributed by atoms with Crippen LogP contribution in [0.1, 0.15) is 46.6 Å². The molecule has 1 aliphatic carbocycles. The number of amides is 1. The van der Waals surface area contributed by atoms with Crippen molar-refractivity contribution < 1.29 is 23.8 Å². The number of nitrogens with one attached hydrogen (secondary N) is 1. The number of benzene rings is 1. The number of anilines is 1. The molecule has 0 saturated heterocycles. The van der Waals surface area contributed by atoms with Gasteiger partial charge in [0.15, 0.2) is 17.3 Å². The van der Waals surface area contributed by atoms with Gasteiger partial charge < -0.3 is 19.5 Å². The van der Waals surface area contributed by atoms with E-state index < -0.39 is 0 Å². The minimum atomic E-state index is -0.189. The van der Waals surface area contributed by atoms with Gasteiger partial charge in [0.25, 0.3) is 0 Å². The Balaban J connectivity index is 2.13. The van der Waals surface area contributed by atoms with Crippen LogP contribution in [0.25, 0.3) is 0 Å². The maximum Gasteiger partial charge on any atom is 0.221 e. The van der Waals surface area contributed by atoms with Crippen molar-refractivity contribution in [1.29, 1.82) is 0 Å². The Kier molecular flexibility index (Phi) is 5.93. The summed E-state index contributed by atoms with van der Waals surface area (Å²) in [6.45, 7) is 3.66. The quantitative estimate of drug-likeness (QED) is 0.736. The Morgan fingerprint density at radius 3 is 2.29 bits per heavy atom. The second-order valence-corrected chi connectivity index (χ2v) is 8.09. The zero-order valence-corrected chi connectivity index (χ0v) is 17.6. The summed E-state index contributed by atoms with van der Waals surface area (Å²) in [6.07, 6.45) is 2.78. The molecule has 1 atom stereocenters. The lowest BCUT2D eigenvalue weighted by Gasteiger charge is -2.19. The molecule has 6 nitrogen and oxygen atoms in total. The van der Waals surface area contributed by atoms with Gasteiger partial charge in [0.1, 0.15) is 5.00 Å². The molecule has 1 aliphatic rings. The molecule has 0 saturated carbocycles. The molecule has 0 aliphatic heterocycles. The van der Waals surface area contributed by atoms with E-state index in [-0.39, 0.29) is 11.7 Å². The molecule has 1 heterocycles. The third kappa shape index (κ3) is 3.71. The standard InChI is InChI=1S/C21H25NO5S/c1-11-6-7-14-17(8-11)28-21(22-12(2)23)18(14)19(24)13-9-15(25-3)20(27-5)16(10-13)26-4/h9-11H,6-8H2,1-5H3,(H,22,23). The fourth-order valence-corrected chi connectivity index (χ4v) is 5.05. The van der Waals surface area contributed by atoms with E-state index in [0.717, 1.165) is 24.8 Å². The monoisotopic (exact) mass is 403 g/mol. The first-order chi connectivity index (χ1) is 13.4. The molecule has 1 N–H and O–H groups in total. The Labute approximate surface area is 168 Å². The Hall–Kier alpha value is -2.54. The van der Waals surface area contributed by atoms with Crippen molar-refractivity contribution in [2.45, 2.75) is 33.1 Å². The molecule has 1 unspecified atom stereocenters. The molecule has 0 radical (unpaired) electrons. The molecule has 1 aromatic carbocycles. The van der Waals surface area contributed by atoms with E-state index >= 15 is 0 Å². The fourth-order valence-electron chi connectivity index (χ4n) is 3.60. The molecule has 1 aromatic heterocycles. The van der Waals surface area contributed by atoms with Crippen molar-refractivity contribution in [3.63, 3.8) is 0 Å². The largest absolute Gasteiger partial charge is 0.493 e. The third-order valence-corrected chi connectivity index (χ3v) is 6.12. The molecule has 3 rings (SSSR count). The maximum atomic E-state index is 13.5. The molecule has 0 bridgehead atoms. The van der Waals surface area contributed by atoms with Crippen molar-refractivity contribution in [3.8, 4) is 17.2 Å². The number of carbonyl (C=O) groups excluding carboxylic acids is 2. The average Bonchev–Trinajstić information content (AvgIpc) is 3.01. The summed E-state index contributed by atoms with van der Waals surface area (Å²) in [6, 6.07) is 3.30. The molecule has 2 aromatic rings. The van der Waals surface area contributed by atoms with E-state index in [1.165, 1.54) is 44.5 Å². The summed E-state index contributed by atoms with van der Waals surface area (Å²) in [4.78, 5) is 26.4. The van der Waals surface area contributed by atoms with Crippen LogP contribution in [-0.2, 0) is 17.6 Å². The van der Waals surface area contributed by atoms with Gasteiger partial charge >= 0.3 is 0 Å². The van der Waals surface area contributed by atoms with Gasteiger partial charge in [-0.05, 0) is 42.9 Å². The molecular weight excluding hydrogens is 378 g/mol. The number of ketones is 1. The zero-order chi connectivity index (χ0) is 20.4. The van der Waals surface area contributed by atoms with Crippen LogP contribution in [0.2, 0.25) is 0 Å². The summed E-state index contributed by atoms with van der Waals surface area (Å²) < 4.78 is 16.1. The number of methoxy groups -OCH3 is 3. The third-order valence-electron chi connectivity index (χ3n) is 4.96. The minimum absolute atomic E-state index is 0.157. The number of ether oxygens (including phenoxy) is 3. The van der Waals surface area contributed by atoms with Crippen LogP contribution in [0.4, 0.5) is 5.00 Å². The number of rotatable bonds is 6. The highest BCUT2D eigenvalue weighted by Crippen LogP contribution is 2.43. The van der Waals surface area contributed by atoms with Crippen LogP contribution >= 0.6 is 11.3 Å². The Bertz CT molecular complexity index is 893. The first-order valence-corrected chi connectivity index (χ1v) is 9.98. The number of hydrogen-bond acceptors (Lipinski definition) is 6. The number of thiophene rings is 1. The smallest absolute Gasteiger partial charge is 0.221 e. The molecular formula is C21H25NO5S. The summed E-state index contributed by atoms with van der Waals surface area (Å²) in [5.41, 5.74) is 2.06. The van der Waals surface area contributed by atoms with Crippen molar-refractivity contribution >= 4 is 28.0 Å². The topological polar surface area (TPSA) is 73.9 Å². The van der Waals surface area contributed by atoms with E-state index in [4.69, 9.17) is 14.2 Å². The van der Waals surface area contributed by atoms with Crippen LogP contribution in [0.15, 0.2) is 12.1 Å². The van der Waals surface area contributed by atoms with Crippen molar-refractivity contribution in [1.82, 2.24) is 0 Å². The Morgan fingerprint density at radius 1 is 1.11 bits per heavy atom. The molecule has 150 valence electrons. The normalized spacial score (nSPS) is 15.5. The fraction of sp³-hybridized carbons (Fsp3) is 0.429. The molecule has 1 amide bonds. The van der Waals surface area contributed by atoms with Crippen LogP contribution in [0.3, 0.4) is 0 Å². The van der Waals surface area contributed by atoms with Crippen molar-refractivity contribution in [2.75, 3.05) is 26.6 Å². The highest BCUT2D eigenvalue weighted by Gasteiger charge is 2.29. The molecule has 0 fully saturated rings. The predicted molar refractivity (Wildman–Crippen MR) is 109 cm³/mol. The van der Waals surface area contributed by atoms with Crippen LogP contribution in [-0.4, -0.2) is 33.0 Å². The van der Waals surface area contributed by atoms with Gasteiger partial charge in [0, 0.05) is 17.4 Å². The van der Waals surface area contributed by atoms with Crippen molar-refractivity contribution in [2.24, 2.45) is 5.92 Å². The van der Waals surface area contributed by atoms with E-state index in [1.807, 2.05) is 0 Å². The van der Waals surface area contributed by atoms with Crippen molar-refractivity contribution in [3.05, 3.63) is 33.7 Å². The predicted octanol–water partition coefficient (Wildman–Crippen LogP) is 4.09. The lowest BCUT2D eigenvalue weighted by Crippen LogP contribution is -2.14. The summed E-state index contributed by atoms with van der Waals surface area (Å²) in [7, 11) is 4.55. The van der Waals surface area contributed by atoms with Crippen LogP contribution in [0, 0.1) is 5.92 Å². The van der Waals surface area contributed by atoms with Crippen LogP contribution in [0.5, 0.6) is 17.2 Å². The summed E-state index contributed by atoms with van der Waals surface area (Å²) in [5, 5.41) is 3.46. The second-order valence-electron chi connectivity index (χ2n) is 6.98. The number of hydrogen-bond donors (Lipinski definition) is 1. The van der Waals surface area contributed by atoms with E-state index in [2.05, 4.69) is 12.2 Å². The number of carbonyl (C=O) groups is 2. The highest BCUT2D eigenvalue weighted by molar-refractivity contribution is 7.17. The summed E-state index contributed by atoms with van der Waals surface area (Å²) >= 11 is 1.50. The second kappa shape index (κ2) is 8.22. The van der Waals surface area contributed by atoms with E-state index in [1.54, 1.807) is 12.1 Å². The van der Waals surface area contributed by atoms with Gasteiger partial charge in [-0.1, -0.05) is 6.92 Å². The lowest BCUT2D eigenvalue weighted by molar-refractivity contribution is -0.114. The average molecular weight is 404 g/mol. The SMILES string of the molecule is COc1cc(C(=O)c2c(NC(C)=O)sc3c2CCC(C)C3)cc(OC)c1OC. The van der Waals surface area contributed by atoms with Gasteiger partial charge in [-0.3, -0.25) is 9.59 Å². The highest BCUT2D eigenvalue weighted by atomic mass is 32.1. The van der Waals surface area contributed by atoms with Gasteiger partial charge in [-0.15, -0.1) is 11.3 Å². The van der Waals surface area contributed by atoms with E-state index in [0.29, 0.717) is 39.3 Å². The maximum absolute atomic E-state index is 13.5. The van der Waals surface area contributed by atoms with E-state index in [9.17, 15) is 9.59 Å². The van der Waals surface area contributed by atoms with Gasteiger partial charge in [-0.2, -0.15) is 0 Å². The summed E-state index contributed by atoms with van der Waals surface area (Å²) in [5.74, 6) is 1.50. The van der Waals surface area contributed by atoms with Gasteiger partial charge in [0.2, 0.25) is 11.7 Å². The molecule has 7 heteroatoms. The van der Waals surface area contributed by atoms with Gasteiger partial charge in [-0.25, -0.2) is 0 Å². The Morgan fingerprint density at radius 2 is 1.75 bits per heavy atom. The lowest BCUT2D eigenvalue weighted by atomic mass is 9.86. The first-order valence-electron chi connectivity index (χ1n) is 9.16. The number of fused-ring (bicyclic) bond motifs is 1. The first kappa shape index (κ1) is 20.2. The minimum Gasteiger partial charge on any atom is -0.493 e. The zero-order valence-electron chi connectivity index (χ0n) is 16.8.